The molecular weight excluding hydrogens is 174 g/mol. The smallest absolute Gasteiger partial charge is 0.124 e. The lowest BCUT2D eigenvalue weighted by atomic mass is 10.0. The Morgan fingerprint density at radius 2 is 2.21 bits per heavy atom. The first-order valence-electron chi connectivity index (χ1n) is 5.32. The highest BCUT2D eigenvalue weighted by Gasteiger charge is 2.24. The molecule has 0 heterocycles. The lowest BCUT2D eigenvalue weighted by Gasteiger charge is -2.12. The van der Waals surface area contributed by atoms with Crippen molar-refractivity contribution in [2.45, 2.75) is 38.8 Å². The number of hydrogen-bond donors (Lipinski definition) is 1. The minimum atomic E-state index is 0.451. The van der Waals surface area contributed by atoms with E-state index in [1.165, 1.54) is 24.0 Å². The van der Waals surface area contributed by atoms with Crippen molar-refractivity contribution in [1.29, 1.82) is 0 Å². The van der Waals surface area contributed by atoms with Crippen LogP contribution in [0.5, 0.6) is 5.75 Å². The van der Waals surface area contributed by atoms with Gasteiger partial charge in [-0.05, 0) is 30.9 Å². The fourth-order valence-corrected chi connectivity index (χ4v) is 1.65. The third-order valence-electron chi connectivity index (χ3n) is 2.63. The van der Waals surface area contributed by atoms with Crippen molar-refractivity contribution in [3.8, 4) is 5.75 Å². The summed E-state index contributed by atoms with van der Waals surface area (Å²) in [4.78, 5) is 0. The number of benzene rings is 1. The van der Waals surface area contributed by atoms with E-state index in [0.29, 0.717) is 12.6 Å². The van der Waals surface area contributed by atoms with Crippen LogP contribution in [0.2, 0.25) is 0 Å². The molecule has 0 amide bonds. The second-order valence-electron chi connectivity index (χ2n) is 3.77. The first-order chi connectivity index (χ1) is 6.85. The molecule has 0 atom stereocenters. The van der Waals surface area contributed by atoms with Gasteiger partial charge >= 0.3 is 0 Å². The first kappa shape index (κ1) is 9.53. The molecule has 1 fully saturated rings. The highest BCUT2D eigenvalue weighted by molar-refractivity contribution is 5.40. The van der Waals surface area contributed by atoms with Crippen LogP contribution in [0, 0.1) is 0 Å². The van der Waals surface area contributed by atoms with E-state index in [-0.39, 0.29) is 0 Å². The third kappa shape index (κ3) is 1.90. The van der Waals surface area contributed by atoms with Crippen LogP contribution in [0.4, 0.5) is 0 Å². The van der Waals surface area contributed by atoms with Crippen LogP contribution in [0.1, 0.15) is 30.9 Å². The van der Waals surface area contributed by atoms with Gasteiger partial charge in [0.05, 0.1) is 6.10 Å². The molecule has 1 aromatic carbocycles. The van der Waals surface area contributed by atoms with Crippen LogP contribution in [0.25, 0.3) is 0 Å². The molecule has 0 aromatic heterocycles. The minimum absolute atomic E-state index is 0.451. The van der Waals surface area contributed by atoms with Crippen LogP contribution >= 0.6 is 0 Å². The zero-order valence-electron chi connectivity index (χ0n) is 8.62. The predicted molar refractivity (Wildman–Crippen MR) is 57.4 cm³/mol. The van der Waals surface area contributed by atoms with E-state index in [0.717, 1.165) is 12.2 Å². The van der Waals surface area contributed by atoms with E-state index >= 15 is 0 Å². The second kappa shape index (κ2) is 4.01. The fraction of sp³-hybridized carbons (Fsp3) is 0.500. The SMILES string of the molecule is CCc1cccc(OC2CC2)c1CN. The molecule has 0 saturated heterocycles. The summed E-state index contributed by atoms with van der Waals surface area (Å²) in [5.74, 6) is 0.995. The number of hydrogen-bond acceptors (Lipinski definition) is 2. The van der Waals surface area contributed by atoms with Gasteiger partial charge in [-0.1, -0.05) is 19.1 Å². The summed E-state index contributed by atoms with van der Waals surface area (Å²) >= 11 is 0. The van der Waals surface area contributed by atoms with E-state index in [1.54, 1.807) is 0 Å². The zero-order valence-corrected chi connectivity index (χ0v) is 8.62. The normalized spacial score (nSPS) is 15.6. The van der Waals surface area contributed by atoms with Crippen LogP contribution in [-0.4, -0.2) is 6.10 Å². The average Bonchev–Trinajstić information content (AvgIpc) is 3.01. The summed E-state index contributed by atoms with van der Waals surface area (Å²) in [7, 11) is 0. The summed E-state index contributed by atoms with van der Waals surface area (Å²) in [6.07, 6.45) is 3.86. The molecule has 0 unspecified atom stereocenters. The highest BCUT2D eigenvalue weighted by atomic mass is 16.5. The van der Waals surface area contributed by atoms with Gasteiger partial charge in [0, 0.05) is 12.1 Å². The standard InChI is InChI=1S/C12H17NO/c1-2-9-4-3-5-12(11(9)8-13)14-10-6-7-10/h3-5,10H,2,6-8,13H2,1H3. The van der Waals surface area contributed by atoms with Crippen molar-refractivity contribution in [3.63, 3.8) is 0 Å². The third-order valence-corrected chi connectivity index (χ3v) is 2.63. The zero-order chi connectivity index (χ0) is 9.97. The van der Waals surface area contributed by atoms with Gasteiger partial charge in [0.1, 0.15) is 5.75 Å². The van der Waals surface area contributed by atoms with E-state index in [2.05, 4.69) is 19.1 Å². The molecule has 14 heavy (non-hydrogen) atoms. The van der Waals surface area contributed by atoms with Crippen molar-refractivity contribution < 1.29 is 4.74 Å². The monoisotopic (exact) mass is 191 g/mol. The summed E-state index contributed by atoms with van der Waals surface area (Å²) in [5.41, 5.74) is 8.24. The van der Waals surface area contributed by atoms with Crippen molar-refractivity contribution in [3.05, 3.63) is 29.3 Å². The van der Waals surface area contributed by atoms with Crippen molar-refractivity contribution in [2.75, 3.05) is 0 Å². The van der Waals surface area contributed by atoms with Gasteiger partial charge in [-0.2, -0.15) is 0 Å². The van der Waals surface area contributed by atoms with Crippen LogP contribution in [0.3, 0.4) is 0 Å². The van der Waals surface area contributed by atoms with Gasteiger partial charge in [0.25, 0.3) is 0 Å². The lowest BCUT2D eigenvalue weighted by Crippen LogP contribution is -2.06. The topological polar surface area (TPSA) is 35.2 Å². The fourth-order valence-electron chi connectivity index (χ4n) is 1.65. The minimum Gasteiger partial charge on any atom is -0.490 e. The van der Waals surface area contributed by atoms with Gasteiger partial charge in [-0.25, -0.2) is 0 Å². The molecule has 2 N–H and O–H groups in total. The highest BCUT2D eigenvalue weighted by Crippen LogP contribution is 2.30. The van der Waals surface area contributed by atoms with Crippen molar-refractivity contribution >= 4 is 0 Å². The molecule has 2 nitrogen and oxygen atoms in total. The van der Waals surface area contributed by atoms with E-state index in [1.807, 2.05) is 6.07 Å². The van der Waals surface area contributed by atoms with Gasteiger partial charge in [0.2, 0.25) is 0 Å². The van der Waals surface area contributed by atoms with Crippen LogP contribution < -0.4 is 10.5 Å². The number of nitrogens with two attached hydrogens (primary N) is 1. The Hall–Kier alpha value is -1.02. The molecular formula is C12H17NO. The molecule has 1 saturated carbocycles. The Morgan fingerprint density at radius 3 is 2.79 bits per heavy atom. The molecule has 76 valence electrons. The molecule has 0 aliphatic heterocycles. The molecule has 2 heteroatoms. The van der Waals surface area contributed by atoms with Gasteiger partial charge in [-0.3, -0.25) is 0 Å². The molecule has 1 aromatic rings. The largest absolute Gasteiger partial charge is 0.490 e. The molecule has 0 bridgehead atoms. The summed E-state index contributed by atoms with van der Waals surface area (Å²) in [5, 5.41) is 0. The van der Waals surface area contributed by atoms with E-state index < -0.39 is 0 Å². The Balaban J connectivity index is 2.26. The summed E-state index contributed by atoms with van der Waals surface area (Å²) in [6.45, 7) is 2.72. The van der Waals surface area contributed by atoms with Crippen LogP contribution in [-0.2, 0) is 13.0 Å². The molecule has 1 aliphatic carbocycles. The maximum absolute atomic E-state index is 5.81. The quantitative estimate of drug-likeness (QED) is 0.792. The maximum Gasteiger partial charge on any atom is 0.124 e. The van der Waals surface area contributed by atoms with Crippen LogP contribution in [0.15, 0.2) is 18.2 Å². The van der Waals surface area contributed by atoms with Crippen molar-refractivity contribution in [2.24, 2.45) is 5.73 Å². The molecule has 0 spiro atoms. The predicted octanol–water partition coefficient (Wildman–Crippen LogP) is 2.25. The number of ether oxygens (including phenoxy) is 1. The molecule has 0 radical (unpaired) electrons. The number of rotatable bonds is 4. The summed E-state index contributed by atoms with van der Waals surface area (Å²) in [6, 6.07) is 6.21. The molecule has 2 rings (SSSR count). The Bertz CT molecular complexity index is 318. The van der Waals surface area contributed by atoms with E-state index in [9.17, 15) is 0 Å². The van der Waals surface area contributed by atoms with Gasteiger partial charge in [0.15, 0.2) is 0 Å². The number of aryl methyl sites for hydroxylation is 1. The first-order valence-corrected chi connectivity index (χ1v) is 5.32. The Kier molecular flexibility index (Phi) is 2.73. The Labute approximate surface area is 85.1 Å². The van der Waals surface area contributed by atoms with Gasteiger partial charge < -0.3 is 10.5 Å². The van der Waals surface area contributed by atoms with Gasteiger partial charge in [-0.15, -0.1) is 0 Å². The second-order valence-corrected chi connectivity index (χ2v) is 3.77. The Morgan fingerprint density at radius 1 is 1.43 bits per heavy atom. The molecule has 1 aliphatic rings. The lowest BCUT2D eigenvalue weighted by molar-refractivity contribution is 0.299. The van der Waals surface area contributed by atoms with E-state index in [4.69, 9.17) is 10.5 Å². The van der Waals surface area contributed by atoms with Crippen molar-refractivity contribution in [1.82, 2.24) is 0 Å². The average molecular weight is 191 g/mol. The summed E-state index contributed by atoms with van der Waals surface area (Å²) < 4.78 is 5.81. The maximum atomic E-state index is 5.81.